The van der Waals surface area contributed by atoms with E-state index in [1.807, 2.05) is 0 Å². The van der Waals surface area contributed by atoms with Gasteiger partial charge in [-0.15, -0.1) is 0 Å². The van der Waals surface area contributed by atoms with Gasteiger partial charge in [-0.05, 0) is 0 Å². The number of hydrogen-bond donors (Lipinski definition) is 0. The molecule has 0 saturated heterocycles. The van der Waals surface area contributed by atoms with Crippen molar-refractivity contribution in [1.29, 1.82) is 0 Å². The summed E-state index contributed by atoms with van der Waals surface area (Å²) in [6, 6.07) is 0. The lowest BCUT2D eigenvalue weighted by molar-refractivity contribution is -0.279. The van der Waals surface area contributed by atoms with Gasteiger partial charge in [0.2, 0.25) is 0 Å². The van der Waals surface area contributed by atoms with Gasteiger partial charge >= 0.3 is 18.1 Å². The molecule has 0 aromatic carbocycles. The van der Waals surface area contributed by atoms with E-state index in [1.165, 1.54) is 0 Å². The highest BCUT2D eigenvalue weighted by Crippen LogP contribution is 2.26. The largest absolute Gasteiger partial charge is 0.402 e. The highest BCUT2D eigenvalue weighted by atomic mass is 19.3. The molecule has 0 heterocycles. The van der Waals surface area contributed by atoms with Crippen molar-refractivity contribution in [1.82, 2.24) is 0 Å². The molecule has 0 bridgehead atoms. The van der Waals surface area contributed by atoms with Crippen LogP contribution >= 0.6 is 0 Å². The Morgan fingerprint density at radius 2 is 1.77 bits per heavy atom. The van der Waals surface area contributed by atoms with Crippen molar-refractivity contribution in [3.63, 3.8) is 0 Å². The third-order valence-corrected chi connectivity index (χ3v) is 0.852. The van der Waals surface area contributed by atoms with Gasteiger partial charge in [-0.25, -0.2) is 4.94 Å². The zero-order valence-electron chi connectivity index (χ0n) is 6.00. The van der Waals surface area contributed by atoms with Gasteiger partial charge in [0.25, 0.3) is 0 Å². The number of ether oxygens (including phenoxy) is 1. The number of rotatable bonds is 5. The molecule has 0 spiro atoms. The van der Waals surface area contributed by atoms with E-state index < -0.39 is 31.2 Å². The van der Waals surface area contributed by atoms with Gasteiger partial charge in [0.15, 0.2) is 0 Å². The Balaban J connectivity index is 4.32. The van der Waals surface area contributed by atoms with Crippen LogP contribution in [0.15, 0.2) is 12.0 Å². The van der Waals surface area contributed by atoms with E-state index in [9.17, 15) is 26.5 Å². The molecule has 0 aromatic rings. The van der Waals surface area contributed by atoms with Crippen molar-refractivity contribution in [2.24, 2.45) is 0 Å². The third kappa shape index (κ3) is 4.48. The summed E-state index contributed by atoms with van der Waals surface area (Å²) in [6.45, 7) is -1.50. The van der Waals surface area contributed by atoms with Gasteiger partial charge in [0.1, 0.15) is 0 Å². The number of halogens is 6. The minimum absolute atomic E-state index is 1.47. The molecule has 0 aromatic heterocycles. The summed E-state index contributed by atoms with van der Waals surface area (Å²) >= 11 is 0. The molecule has 8 heteroatoms. The van der Waals surface area contributed by atoms with Gasteiger partial charge in [0.05, 0.1) is 13.1 Å². The van der Waals surface area contributed by atoms with Gasteiger partial charge in [-0.3, -0.25) is 4.39 Å². The minimum Gasteiger partial charge on any atom is -0.394 e. The van der Waals surface area contributed by atoms with Crippen molar-refractivity contribution in [2.45, 2.75) is 12.5 Å². The molecule has 0 fully saturated rings. The molecule has 13 heavy (non-hydrogen) atoms. The molecular formula is C5H4F6O2. The van der Waals surface area contributed by atoms with Crippen molar-refractivity contribution >= 4 is 0 Å². The van der Waals surface area contributed by atoms with E-state index in [-0.39, 0.29) is 0 Å². The SMILES string of the molecule is FCCC(F)(F)OC(OF)=C(F)F. The molecular weight excluding hydrogens is 206 g/mol. The van der Waals surface area contributed by atoms with Crippen LogP contribution in [0.25, 0.3) is 0 Å². The van der Waals surface area contributed by atoms with Crippen LogP contribution in [0.4, 0.5) is 26.5 Å². The van der Waals surface area contributed by atoms with Crippen molar-refractivity contribution < 1.29 is 36.2 Å². The standard InChI is InChI=1S/C5H4F6O2/c6-2-1-5(9,10)12-4(13-11)3(7)8/h1-2H2. The van der Waals surface area contributed by atoms with Crippen LogP contribution in [0, 0.1) is 0 Å². The summed E-state index contributed by atoms with van der Waals surface area (Å²) in [6.07, 6.45) is -8.59. The summed E-state index contributed by atoms with van der Waals surface area (Å²) in [7, 11) is 0. The molecule has 0 atom stereocenters. The second-order valence-corrected chi connectivity index (χ2v) is 1.80. The Hall–Kier alpha value is -1.08. The maximum absolute atomic E-state index is 12.1. The Bertz CT molecular complexity index is 187. The molecule has 0 amide bonds. The van der Waals surface area contributed by atoms with Gasteiger partial charge in [-0.1, -0.05) is 0 Å². The number of alkyl halides is 3. The average Bonchev–Trinajstić information content (AvgIpc) is 1.99. The summed E-state index contributed by atoms with van der Waals surface area (Å²) in [5.74, 6) is -2.27. The van der Waals surface area contributed by atoms with Gasteiger partial charge in [-0.2, -0.15) is 17.6 Å². The fourth-order valence-electron chi connectivity index (χ4n) is 0.380. The second kappa shape index (κ2) is 4.83. The zero-order valence-corrected chi connectivity index (χ0v) is 6.00. The van der Waals surface area contributed by atoms with E-state index in [0.29, 0.717) is 0 Å². The van der Waals surface area contributed by atoms with Crippen LogP contribution in [-0.4, -0.2) is 12.8 Å². The molecule has 0 unspecified atom stereocenters. The normalized spacial score (nSPS) is 10.9. The average molecular weight is 210 g/mol. The molecule has 0 radical (unpaired) electrons. The van der Waals surface area contributed by atoms with Crippen LogP contribution in [0.3, 0.4) is 0 Å². The fourth-order valence-corrected chi connectivity index (χ4v) is 0.380. The maximum atomic E-state index is 12.1. The first kappa shape index (κ1) is 11.9. The summed E-state index contributed by atoms with van der Waals surface area (Å²) < 4.78 is 72.6. The molecule has 78 valence electrons. The Labute approximate surface area is 68.6 Å². The molecule has 0 aliphatic heterocycles. The first-order valence-corrected chi connectivity index (χ1v) is 2.89. The Kier molecular flexibility index (Phi) is 4.43. The highest BCUT2D eigenvalue weighted by molar-refractivity contribution is 4.82. The van der Waals surface area contributed by atoms with Crippen molar-refractivity contribution in [3.05, 3.63) is 12.0 Å². The monoisotopic (exact) mass is 210 g/mol. The quantitative estimate of drug-likeness (QED) is 0.513. The van der Waals surface area contributed by atoms with Gasteiger partial charge in [0, 0.05) is 4.53 Å². The Morgan fingerprint density at radius 1 is 1.23 bits per heavy atom. The third-order valence-electron chi connectivity index (χ3n) is 0.852. The second-order valence-electron chi connectivity index (χ2n) is 1.80. The zero-order chi connectivity index (χ0) is 10.5. The van der Waals surface area contributed by atoms with E-state index in [4.69, 9.17) is 0 Å². The predicted octanol–water partition coefficient (Wildman–Crippen LogP) is 2.92. The molecule has 0 saturated carbocycles. The molecule has 0 N–H and O–H groups in total. The van der Waals surface area contributed by atoms with E-state index in [2.05, 4.69) is 9.68 Å². The van der Waals surface area contributed by atoms with Crippen LogP contribution in [0.5, 0.6) is 0 Å². The first-order valence-electron chi connectivity index (χ1n) is 2.89. The van der Waals surface area contributed by atoms with Crippen molar-refractivity contribution in [2.75, 3.05) is 6.67 Å². The van der Waals surface area contributed by atoms with E-state index in [0.717, 1.165) is 0 Å². The summed E-state index contributed by atoms with van der Waals surface area (Å²) in [5, 5.41) is 0. The van der Waals surface area contributed by atoms with Crippen LogP contribution in [0.1, 0.15) is 6.42 Å². The summed E-state index contributed by atoms with van der Waals surface area (Å²) in [4.78, 5) is 2.30. The van der Waals surface area contributed by atoms with Crippen molar-refractivity contribution in [3.8, 4) is 0 Å². The first-order chi connectivity index (χ1) is 5.93. The fraction of sp³-hybridized carbons (Fsp3) is 0.600. The molecule has 2 nitrogen and oxygen atoms in total. The minimum atomic E-state index is -4.22. The molecule has 0 rings (SSSR count). The van der Waals surface area contributed by atoms with E-state index >= 15 is 0 Å². The van der Waals surface area contributed by atoms with Gasteiger partial charge < -0.3 is 4.74 Å². The molecule has 0 aliphatic rings. The lowest BCUT2D eigenvalue weighted by Gasteiger charge is -2.14. The highest BCUT2D eigenvalue weighted by Gasteiger charge is 2.35. The maximum Gasteiger partial charge on any atom is 0.402 e. The predicted molar refractivity (Wildman–Crippen MR) is 28.1 cm³/mol. The molecule has 0 aliphatic carbocycles. The van der Waals surface area contributed by atoms with Crippen LogP contribution in [0.2, 0.25) is 0 Å². The summed E-state index contributed by atoms with van der Waals surface area (Å²) in [5.41, 5.74) is 0. The van der Waals surface area contributed by atoms with E-state index in [1.54, 1.807) is 0 Å². The van der Waals surface area contributed by atoms with Crippen LogP contribution < -0.4 is 0 Å². The smallest absolute Gasteiger partial charge is 0.394 e. The van der Waals surface area contributed by atoms with Crippen LogP contribution in [-0.2, 0) is 9.68 Å². The Morgan fingerprint density at radius 3 is 2.08 bits per heavy atom. The topological polar surface area (TPSA) is 18.5 Å². The lowest BCUT2D eigenvalue weighted by Crippen LogP contribution is -2.21. The number of hydrogen-bond acceptors (Lipinski definition) is 2. The lowest BCUT2D eigenvalue weighted by atomic mass is 10.4.